The van der Waals surface area contributed by atoms with Gasteiger partial charge in [0.1, 0.15) is 5.75 Å². The Morgan fingerprint density at radius 3 is 2.71 bits per heavy atom. The largest absolute Gasteiger partial charge is 0.479 e. The van der Waals surface area contributed by atoms with Gasteiger partial charge in [0.25, 0.3) is 5.91 Å². The number of sulfonamides is 1. The van der Waals surface area contributed by atoms with Crippen LogP contribution in [-0.2, 0) is 32.6 Å². The van der Waals surface area contributed by atoms with Gasteiger partial charge in [-0.15, -0.1) is 0 Å². The number of benzene rings is 2. The molecule has 0 aliphatic carbocycles. The number of anilines is 1. The van der Waals surface area contributed by atoms with Crippen LogP contribution >= 0.6 is 0 Å². The van der Waals surface area contributed by atoms with Gasteiger partial charge in [0.2, 0.25) is 15.9 Å². The summed E-state index contributed by atoms with van der Waals surface area (Å²) in [5, 5.41) is 2.75. The molecule has 2 aromatic carbocycles. The molecule has 5 rings (SSSR count). The standard InChI is InChI=1S/C25H29N3O5S/c1-16-12-21-22(33-17(2)24(29)26-21)13-23(16)34(31,32)28-10-5-8-20(15-28)25(30)27-11-9-18-6-3-4-7-19(18)14-27/h3-4,6-7,12-13,17,20H,5,8-11,14-15H2,1-2H3,(H,26,29)/t17-,20-/m0/s1. The van der Waals surface area contributed by atoms with E-state index in [4.69, 9.17) is 4.74 Å². The lowest BCUT2D eigenvalue weighted by atomic mass is 9.95. The first-order valence-corrected chi connectivity index (χ1v) is 13.2. The summed E-state index contributed by atoms with van der Waals surface area (Å²) in [5.74, 6) is -0.258. The minimum absolute atomic E-state index is 0.0245. The van der Waals surface area contributed by atoms with Crippen molar-refractivity contribution in [2.24, 2.45) is 5.92 Å². The fourth-order valence-electron chi connectivity index (χ4n) is 5.06. The zero-order valence-electron chi connectivity index (χ0n) is 19.4. The van der Waals surface area contributed by atoms with E-state index in [1.54, 1.807) is 19.9 Å². The molecule has 1 N–H and O–H groups in total. The quantitative estimate of drug-likeness (QED) is 0.724. The zero-order chi connectivity index (χ0) is 24.0. The molecule has 1 fully saturated rings. The van der Waals surface area contributed by atoms with E-state index in [0.717, 1.165) is 12.0 Å². The number of amides is 2. The van der Waals surface area contributed by atoms with Gasteiger partial charge in [-0.3, -0.25) is 9.59 Å². The van der Waals surface area contributed by atoms with E-state index in [9.17, 15) is 18.0 Å². The number of piperidine rings is 1. The van der Waals surface area contributed by atoms with Gasteiger partial charge in [0.05, 0.1) is 16.5 Å². The highest BCUT2D eigenvalue weighted by Crippen LogP contribution is 2.36. The Balaban J connectivity index is 1.35. The smallest absolute Gasteiger partial charge is 0.265 e. The lowest BCUT2D eigenvalue weighted by Gasteiger charge is -2.36. The van der Waals surface area contributed by atoms with Crippen LogP contribution in [0.3, 0.4) is 0 Å². The highest BCUT2D eigenvalue weighted by Gasteiger charge is 2.37. The van der Waals surface area contributed by atoms with Crippen LogP contribution in [0.25, 0.3) is 0 Å². The fraction of sp³-hybridized carbons (Fsp3) is 0.440. The minimum atomic E-state index is -3.83. The molecule has 34 heavy (non-hydrogen) atoms. The molecule has 0 unspecified atom stereocenters. The molecule has 0 bridgehead atoms. The van der Waals surface area contributed by atoms with Crippen molar-refractivity contribution in [2.75, 3.05) is 25.0 Å². The number of carbonyl (C=O) groups excluding carboxylic acids is 2. The predicted octanol–water partition coefficient (Wildman–Crippen LogP) is 2.70. The highest BCUT2D eigenvalue weighted by molar-refractivity contribution is 7.89. The number of ether oxygens (including phenoxy) is 1. The molecular weight excluding hydrogens is 454 g/mol. The number of hydrogen-bond donors (Lipinski definition) is 1. The molecule has 3 aliphatic rings. The van der Waals surface area contributed by atoms with Crippen LogP contribution in [-0.4, -0.2) is 55.2 Å². The number of nitrogens with one attached hydrogen (secondary N) is 1. The third-order valence-corrected chi connectivity index (χ3v) is 9.01. The van der Waals surface area contributed by atoms with Crippen molar-refractivity contribution in [1.82, 2.24) is 9.21 Å². The number of fused-ring (bicyclic) bond motifs is 2. The van der Waals surface area contributed by atoms with Crippen molar-refractivity contribution < 1.29 is 22.7 Å². The van der Waals surface area contributed by atoms with Crippen molar-refractivity contribution in [3.63, 3.8) is 0 Å². The van der Waals surface area contributed by atoms with Crippen molar-refractivity contribution in [3.8, 4) is 5.75 Å². The third-order valence-electron chi connectivity index (χ3n) is 7.00. The molecule has 2 aromatic rings. The van der Waals surface area contributed by atoms with Crippen LogP contribution in [0, 0.1) is 12.8 Å². The molecule has 3 aliphatic heterocycles. The van der Waals surface area contributed by atoms with Gasteiger partial charge in [-0.05, 0) is 55.9 Å². The molecule has 1 saturated heterocycles. The lowest BCUT2D eigenvalue weighted by molar-refractivity contribution is -0.137. The van der Waals surface area contributed by atoms with Crippen LogP contribution in [0.4, 0.5) is 5.69 Å². The zero-order valence-corrected chi connectivity index (χ0v) is 20.2. The van der Waals surface area contributed by atoms with Crippen LogP contribution in [0.1, 0.15) is 36.5 Å². The van der Waals surface area contributed by atoms with Gasteiger partial charge in [-0.1, -0.05) is 24.3 Å². The minimum Gasteiger partial charge on any atom is -0.479 e. The van der Waals surface area contributed by atoms with Crippen LogP contribution < -0.4 is 10.1 Å². The SMILES string of the molecule is Cc1cc2c(cc1S(=O)(=O)N1CCC[C@H](C(=O)N3CCc4ccccc4C3)C1)O[C@@H](C)C(=O)N2. The predicted molar refractivity (Wildman–Crippen MR) is 127 cm³/mol. The number of rotatable bonds is 3. The van der Waals surface area contributed by atoms with Gasteiger partial charge < -0.3 is 15.0 Å². The molecule has 0 aromatic heterocycles. The van der Waals surface area contributed by atoms with E-state index in [1.807, 2.05) is 17.0 Å². The van der Waals surface area contributed by atoms with E-state index in [0.29, 0.717) is 49.5 Å². The second kappa shape index (κ2) is 8.70. The van der Waals surface area contributed by atoms with E-state index in [1.165, 1.54) is 15.9 Å². The van der Waals surface area contributed by atoms with Gasteiger partial charge in [-0.25, -0.2) is 8.42 Å². The summed E-state index contributed by atoms with van der Waals surface area (Å²) in [6, 6.07) is 11.3. The van der Waals surface area contributed by atoms with Crippen molar-refractivity contribution >= 4 is 27.5 Å². The Morgan fingerprint density at radius 1 is 1.15 bits per heavy atom. The first-order valence-electron chi connectivity index (χ1n) is 11.7. The molecule has 9 heteroatoms. The van der Waals surface area contributed by atoms with Crippen molar-refractivity contribution in [2.45, 2.75) is 50.7 Å². The average molecular weight is 484 g/mol. The fourth-order valence-corrected chi connectivity index (χ4v) is 6.81. The molecule has 0 saturated carbocycles. The van der Waals surface area contributed by atoms with E-state index in [2.05, 4.69) is 17.4 Å². The average Bonchev–Trinajstić information content (AvgIpc) is 2.84. The van der Waals surface area contributed by atoms with E-state index in [-0.39, 0.29) is 29.2 Å². The Bertz CT molecular complexity index is 1260. The molecule has 2 amide bonds. The van der Waals surface area contributed by atoms with E-state index < -0.39 is 16.1 Å². The highest BCUT2D eigenvalue weighted by atomic mass is 32.2. The molecule has 0 spiro atoms. The Hall–Kier alpha value is -2.91. The Labute approximate surface area is 199 Å². The lowest BCUT2D eigenvalue weighted by Crippen LogP contribution is -2.47. The molecule has 3 heterocycles. The maximum Gasteiger partial charge on any atom is 0.265 e. The topological polar surface area (TPSA) is 96.0 Å². The van der Waals surface area contributed by atoms with E-state index >= 15 is 0 Å². The summed E-state index contributed by atoms with van der Waals surface area (Å²) in [6.07, 6.45) is 1.43. The number of carbonyl (C=O) groups is 2. The molecule has 8 nitrogen and oxygen atoms in total. The maximum absolute atomic E-state index is 13.6. The first-order chi connectivity index (χ1) is 16.2. The first kappa shape index (κ1) is 22.9. The van der Waals surface area contributed by atoms with Gasteiger partial charge in [0.15, 0.2) is 6.10 Å². The summed E-state index contributed by atoms with van der Waals surface area (Å²) in [7, 11) is -3.83. The normalized spacial score (nSPS) is 22.9. The van der Waals surface area contributed by atoms with Crippen LogP contribution in [0.5, 0.6) is 5.75 Å². The van der Waals surface area contributed by atoms with Gasteiger partial charge >= 0.3 is 0 Å². The van der Waals surface area contributed by atoms with Crippen LogP contribution in [0.2, 0.25) is 0 Å². The molecule has 2 atom stereocenters. The third kappa shape index (κ3) is 4.07. The monoisotopic (exact) mass is 483 g/mol. The number of aryl methyl sites for hydroxylation is 1. The number of nitrogens with zero attached hydrogens (tertiary/aromatic N) is 2. The molecular formula is C25H29N3O5S. The number of hydrogen-bond acceptors (Lipinski definition) is 5. The summed E-state index contributed by atoms with van der Waals surface area (Å²) >= 11 is 0. The second-order valence-electron chi connectivity index (χ2n) is 9.34. The Morgan fingerprint density at radius 2 is 1.91 bits per heavy atom. The maximum atomic E-state index is 13.6. The summed E-state index contributed by atoms with van der Waals surface area (Å²) < 4.78 is 34.3. The van der Waals surface area contributed by atoms with Crippen LogP contribution in [0.15, 0.2) is 41.3 Å². The second-order valence-corrected chi connectivity index (χ2v) is 11.3. The van der Waals surface area contributed by atoms with Gasteiger partial charge in [-0.2, -0.15) is 4.31 Å². The van der Waals surface area contributed by atoms with Crippen molar-refractivity contribution in [3.05, 3.63) is 53.1 Å². The summed E-state index contributed by atoms with van der Waals surface area (Å²) in [5.41, 5.74) is 3.43. The molecule has 180 valence electrons. The van der Waals surface area contributed by atoms with Crippen molar-refractivity contribution in [1.29, 1.82) is 0 Å². The summed E-state index contributed by atoms with van der Waals surface area (Å²) in [4.78, 5) is 27.3. The summed E-state index contributed by atoms with van der Waals surface area (Å²) in [6.45, 7) is 5.10. The molecule has 0 radical (unpaired) electrons. The Kier molecular flexibility index (Phi) is 5.85. The van der Waals surface area contributed by atoms with Gasteiger partial charge in [0, 0.05) is 32.2 Å².